The second-order valence-electron chi connectivity index (χ2n) is 5.66. The highest BCUT2D eigenvalue weighted by Gasteiger charge is 2.28. The van der Waals surface area contributed by atoms with Crippen LogP contribution in [-0.4, -0.2) is 43.2 Å². The zero-order chi connectivity index (χ0) is 15.7. The van der Waals surface area contributed by atoms with Crippen molar-refractivity contribution in [1.82, 2.24) is 19.5 Å². The average molecular weight is 305 g/mol. The number of rotatable bonds is 4. The van der Waals surface area contributed by atoms with Crippen LogP contribution >= 0.6 is 0 Å². The zero-order valence-corrected chi connectivity index (χ0v) is 12.6. The van der Waals surface area contributed by atoms with Crippen LogP contribution in [0.2, 0.25) is 0 Å². The van der Waals surface area contributed by atoms with Crippen LogP contribution in [0.1, 0.15) is 32.9 Å². The van der Waals surface area contributed by atoms with Crippen molar-refractivity contribution in [1.29, 1.82) is 0 Å². The molecule has 2 unspecified atom stereocenters. The van der Waals surface area contributed by atoms with Gasteiger partial charge >= 0.3 is 0 Å². The van der Waals surface area contributed by atoms with Crippen LogP contribution in [0.5, 0.6) is 0 Å². The molecule has 2 atom stereocenters. The van der Waals surface area contributed by atoms with Crippen molar-refractivity contribution in [3.63, 3.8) is 0 Å². The summed E-state index contributed by atoms with van der Waals surface area (Å²) < 4.78 is 7.56. The van der Waals surface area contributed by atoms with Gasteiger partial charge in [0.1, 0.15) is 12.6 Å². The van der Waals surface area contributed by atoms with Gasteiger partial charge in [0, 0.05) is 5.92 Å². The lowest BCUT2D eigenvalue weighted by molar-refractivity contribution is -0.118. The summed E-state index contributed by atoms with van der Waals surface area (Å²) in [5, 5.41) is 11.9. The fourth-order valence-corrected chi connectivity index (χ4v) is 2.44. The maximum absolute atomic E-state index is 11.8. The number of aromatic nitrogens is 4. The molecule has 2 N–H and O–H groups in total. The summed E-state index contributed by atoms with van der Waals surface area (Å²) >= 11 is 0. The van der Waals surface area contributed by atoms with Crippen LogP contribution in [0.4, 0.5) is 5.82 Å². The third-order valence-corrected chi connectivity index (χ3v) is 3.72. The van der Waals surface area contributed by atoms with E-state index >= 15 is 0 Å². The highest BCUT2D eigenvalue weighted by molar-refractivity contribution is 5.97. The third-order valence-electron chi connectivity index (χ3n) is 3.72. The topological polar surface area (TPSA) is 102 Å². The number of anilines is 1. The smallest absolute Gasteiger partial charge is 0.228 e. The Morgan fingerprint density at radius 1 is 1.45 bits per heavy atom. The van der Waals surface area contributed by atoms with E-state index < -0.39 is 0 Å². The van der Waals surface area contributed by atoms with E-state index in [1.165, 1.54) is 6.33 Å². The van der Waals surface area contributed by atoms with E-state index in [0.29, 0.717) is 17.0 Å². The van der Waals surface area contributed by atoms with Gasteiger partial charge in [-0.2, -0.15) is 0 Å². The van der Waals surface area contributed by atoms with Gasteiger partial charge in [-0.25, -0.2) is 15.0 Å². The van der Waals surface area contributed by atoms with Crippen LogP contribution < -0.4 is 5.32 Å². The number of amides is 1. The predicted octanol–water partition coefficient (Wildman–Crippen LogP) is 1.09. The number of fused-ring (bicyclic) bond motifs is 1. The third kappa shape index (κ3) is 2.67. The summed E-state index contributed by atoms with van der Waals surface area (Å²) in [6.45, 7) is 3.63. The fraction of sp³-hybridized carbons (Fsp3) is 0.571. The van der Waals surface area contributed by atoms with Crippen LogP contribution in [-0.2, 0) is 9.53 Å². The van der Waals surface area contributed by atoms with Crippen LogP contribution in [0.25, 0.3) is 11.2 Å². The van der Waals surface area contributed by atoms with Gasteiger partial charge in [-0.1, -0.05) is 13.8 Å². The Hall–Kier alpha value is -2.06. The Morgan fingerprint density at radius 2 is 2.27 bits per heavy atom. The second kappa shape index (κ2) is 5.98. The molecule has 2 aromatic heterocycles. The van der Waals surface area contributed by atoms with Crippen molar-refractivity contribution in [2.45, 2.75) is 39.0 Å². The first kappa shape index (κ1) is 14.9. The molecule has 1 fully saturated rings. The Kier molecular flexibility index (Phi) is 4.04. The number of aliphatic hydroxyl groups is 1. The monoisotopic (exact) mass is 305 g/mol. The Balaban J connectivity index is 1.90. The number of hydrogen-bond donors (Lipinski definition) is 2. The number of carbonyl (C=O) groups is 1. The fourth-order valence-electron chi connectivity index (χ4n) is 2.44. The molecule has 2 aromatic rings. The molecular formula is C14H19N5O3. The number of aliphatic hydroxyl groups excluding tert-OH is 1. The molecule has 0 spiro atoms. The Labute approximate surface area is 127 Å². The molecule has 0 radical (unpaired) electrons. The van der Waals surface area contributed by atoms with E-state index in [9.17, 15) is 4.79 Å². The summed E-state index contributed by atoms with van der Waals surface area (Å²) in [5.74, 6) is 0.141. The molecular weight excluding hydrogens is 286 g/mol. The van der Waals surface area contributed by atoms with Gasteiger partial charge in [-0.05, 0) is 12.8 Å². The number of nitrogens with one attached hydrogen (secondary N) is 1. The minimum Gasteiger partial charge on any atom is -0.394 e. The molecule has 1 aliphatic rings. The van der Waals surface area contributed by atoms with Gasteiger partial charge in [0.2, 0.25) is 5.91 Å². The van der Waals surface area contributed by atoms with Gasteiger partial charge in [0.25, 0.3) is 0 Å². The summed E-state index contributed by atoms with van der Waals surface area (Å²) in [6, 6.07) is 0. The number of carbonyl (C=O) groups excluding carboxylic acids is 1. The molecule has 1 aliphatic heterocycles. The molecule has 8 nitrogen and oxygen atoms in total. The molecule has 0 aromatic carbocycles. The highest BCUT2D eigenvalue weighted by Crippen LogP contribution is 2.31. The van der Waals surface area contributed by atoms with E-state index in [1.54, 1.807) is 6.33 Å². The largest absolute Gasteiger partial charge is 0.394 e. The van der Waals surface area contributed by atoms with E-state index in [4.69, 9.17) is 9.84 Å². The van der Waals surface area contributed by atoms with Crippen molar-refractivity contribution >= 4 is 22.9 Å². The maximum Gasteiger partial charge on any atom is 0.228 e. The molecule has 0 bridgehead atoms. The number of imidazole rings is 1. The standard InChI is InChI=1S/C14H19N5O3/c1-8(2)14(21)18-12-11-13(16-6-15-12)19(7-17-11)10-4-3-9(5-20)22-10/h6-10,20H,3-5H2,1-2H3,(H,15,16,18,21). The molecule has 1 saturated heterocycles. The van der Waals surface area contributed by atoms with Gasteiger partial charge in [0.15, 0.2) is 17.0 Å². The lowest BCUT2D eigenvalue weighted by atomic mass is 10.2. The van der Waals surface area contributed by atoms with Crippen LogP contribution in [0.15, 0.2) is 12.7 Å². The van der Waals surface area contributed by atoms with E-state index in [0.717, 1.165) is 12.8 Å². The van der Waals surface area contributed by atoms with Crippen LogP contribution in [0, 0.1) is 5.92 Å². The molecule has 8 heteroatoms. The lowest BCUT2D eigenvalue weighted by Gasteiger charge is -2.14. The first-order valence-electron chi connectivity index (χ1n) is 7.35. The number of hydrogen-bond acceptors (Lipinski definition) is 6. The zero-order valence-electron chi connectivity index (χ0n) is 12.6. The normalized spacial score (nSPS) is 21.6. The molecule has 0 saturated carbocycles. The highest BCUT2D eigenvalue weighted by atomic mass is 16.5. The first-order valence-corrected chi connectivity index (χ1v) is 7.35. The quantitative estimate of drug-likeness (QED) is 0.876. The van der Waals surface area contributed by atoms with Crippen molar-refractivity contribution in [2.24, 2.45) is 5.92 Å². The summed E-state index contributed by atoms with van der Waals surface area (Å²) in [4.78, 5) is 24.5. The van der Waals surface area contributed by atoms with Crippen LogP contribution in [0.3, 0.4) is 0 Å². The van der Waals surface area contributed by atoms with Gasteiger partial charge in [-0.15, -0.1) is 0 Å². The molecule has 118 valence electrons. The first-order chi connectivity index (χ1) is 10.6. The van der Waals surface area contributed by atoms with Gasteiger partial charge < -0.3 is 15.2 Å². The Bertz CT molecular complexity index is 684. The molecule has 3 rings (SSSR count). The summed E-state index contributed by atoms with van der Waals surface area (Å²) in [6.07, 6.45) is 4.26. The SMILES string of the molecule is CC(C)C(=O)Nc1ncnc2c1ncn2C1CCC(CO)O1. The van der Waals surface area contributed by atoms with Crippen molar-refractivity contribution in [3.8, 4) is 0 Å². The maximum atomic E-state index is 11.8. The minimum absolute atomic E-state index is 0.00775. The average Bonchev–Trinajstić information content (AvgIpc) is 3.13. The summed E-state index contributed by atoms with van der Waals surface area (Å²) in [5.41, 5.74) is 1.14. The Morgan fingerprint density at radius 3 is 2.95 bits per heavy atom. The van der Waals surface area contributed by atoms with Crippen molar-refractivity contribution in [2.75, 3.05) is 11.9 Å². The second-order valence-corrected chi connectivity index (χ2v) is 5.66. The lowest BCUT2D eigenvalue weighted by Crippen LogP contribution is -2.19. The van der Waals surface area contributed by atoms with Gasteiger partial charge in [-0.3, -0.25) is 9.36 Å². The van der Waals surface area contributed by atoms with Gasteiger partial charge in [0.05, 0.1) is 19.0 Å². The molecule has 1 amide bonds. The van der Waals surface area contributed by atoms with E-state index in [1.807, 2.05) is 18.4 Å². The van der Waals surface area contributed by atoms with Crippen molar-refractivity contribution in [3.05, 3.63) is 12.7 Å². The molecule has 0 aliphatic carbocycles. The molecule has 22 heavy (non-hydrogen) atoms. The van der Waals surface area contributed by atoms with E-state index in [2.05, 4.69) is 20.3 Å². The number of nitrogens with zero attached hydrogens (tertiary/aromatic N) is 4. The minimum atomic E-state index is -0.203. The van der Waals surface area contributed by atoms with Crippen molar-refractivity contribution < 1.29 is 14.6 Å². The molecule has 3 heterocycles. The van der Waals surface area contributed by atoms with E-state index in [-0.39, 0.29) is 30.8 Å². The predicted molar refractivity (Wildman–Crippen MR) is 79.0 cm³/mol. The summed E-state index contributed by atoms with van der Waals surface area (Å²) in [7, 11) is 0. The number of ether oxygens (including phenoxy) is 1.